The van der Waals surface area contributed by atoms with Crippen LogP contribution in [-0.4, -0.2) is 43.9 Å². The molecule has 116 valence electrons. The van der Waals surface area contributed by atoms with Crippen LogP contribution in [0, 0.1) is 5.92 Å². The largest absolute Gasteiger partial charge is 0.393 e. The number of amides is 1. The maximum absolute atomic E-state index is 12.9. The second-order valence-corrected chi connectivity index (χ2v) is 5.60. The second kappa shape index (κ2) is 6.30. The number of hydrogen-bond donors (Lipinski definition) is 2. The first-order valence-corrected chi connectivity index (χ1v) is 7.05. The third-order valence-electron chi connectivity index (χ3n) is 4.25. The van der Waals surface area contributed by atoms with Gasteiger partial charge in [-0.2, -0.15) is 13.2 Å². The predicted molar refractivity (Wildman–Crippen MR) is 67.1 cm³/mol. The van der Waals surface area contributed by atoms with Crippen LogP contribution in [0.4, 0.5) is 13.2 Å². The van der Waals surface area contributed by atoms with Crippen LogP contribution in [-0.2, 0) is 9.53 Å². The Morgan fingerprint density at radius 2 is 2.00 bits per heavy atom. The van der Waals surface area contributed by atoms with Crippen molar-refractivity contribution in [3.63, 3.8) is 0 Å². The Morgan fingerprint density at radius 3 is 2.60 bits per heavy atom. The molecule has 2 aliphatic rings. The van der Waals surface area contributed by atoms with E-state index in [-0.39, 0.29) is 18.4 Å². The fourth-order valence-corrected chi connectivity index (χ4v) is 3.06. The summed E-state index contributed by atoms with van der Waals surface area (Å²) in [6.45, 7) is 0.557. The lowest BCUT2D eigenvalue weighted by Crippen LogP contribution is -2.52. The third-order valence-corrected chi connectivity index (χ3v) is 4.25. The fraction of sp³-hybridized carbons (Fsp3) is 0.923. The van der Waals surface area contributed by atoms with Gasteiger partial charge in [0.25, 0.3) is 0 Å². The van der Waals surface area contributed by atoms with Crippen LogP contribution in [0.25, 0.3) is 0 Å². The lowest BCUT2D eigenvalue weighted by molar-refractivity contribution is -0.189. The SMILES string of the molecule is COC1CNC(C(=O)NC2CCCCC2C(F)(F)F)C1. The van der Waals surface area contributed by atoms with Crippen LogP contribution in [0.15, 0.2) is 0 Å². The van der Waals surface area contributed by atoms with Crippen LogP contribution in [0.2, 0.25) is 0 Å². The number of carbonyl (C=O) groups excluding carboxylic acids is 1. The lowest BCUT2D eigenvalue weighted by atomic mass is 9.84. The summed E-state index contributed by atoms with van der Waals surface area (Å²) in [6.07, 6.45) is -1.97. The van der Waals surface area contributed by atoms with Gasteiger partial charge in [-0.25, -0.2) is 0 Å². The molecule has 4 nitrogen and oxygen atoms in total. The highest BCUT2D eigenvalue weighted by molar-refractivity contribution is 5.82. The van der Waals surface area contributed by atoms with E-state index in [1.807, 2.05) is 0 Å². The summed E-state index contributed by atoms with van der Waals surface area (Å²) in [5.41, 5.74) is 0. The van der Waals surface area contributed by atoms with Crippen molar-refractivity contribution in [3.8, 4) is 0 Å². The number of halogens is 3. The monoisotopic (exact) mass is 294 g/mol. The minimum atomic E-state index is -4.24. The Kier molecular flexibility index (Phi) is 4.90. The van der Waals surface area contributed by atoms with Gasteiger partial charge in [-0.1, -0.05) is 12.8 Å². The molecule has 1 aliphatic heterocycles. The first kappa shape index (κ1) is 15.6. The van der Waals surface area contributed by atoms with E-state index in [2.05, 4.69) is 10.6 Å². The summed E-state index contributed by atoms with van der Waals surface area (Å²) in [5.74, 6) is -1.76. The van der Waals surface area contributed by atoms with E-state index in [1.54, 1.807) is 7.11 Å². The predicted octanol–water partition coefficient (Wildman–Crippen LogP) is 1.60. The number of hydrogen-bond acceptors (Lipinski definition) is 3. The smallest absolute Gasteiger partial charge is 0.380 e. The Balaban J connectivity index is 1.92. The molecule has 7 heteroatoms. The van der Waals surface area contributed by atoms with Gasteiger partial charge in [0.2, 0.25) is 5.91 Å². The maximum Gasteiger partial charge on any atom is 0.393 e. The molecular weight excluding hydrogens is 273 g/mol. The number of carbonyl (C=O) groups is 1. The van der Waals surface area contributed by atoms with E-state index >= 15 is 0 Å². The van der Waals surface area contributed by atoms with Gasteiger partial charge in [0.05, 0.1) is 18.1 Å². The second-order valence-electron chi connectivity index (χ2n) is 5.60. The van der Waals surface area contributed by atoms with Crippen molar-refractivity contribution in [1.29, 1.82) is 0 Å². The van der Waals surface area contributed by atoms with E-state index < -0.39 is 24.2 Å². The normalized spacial score (nSPS) is 35.0. The topological polar surface area (TPSA) is 50.4 Å². The minimum absolute atomic E-state index is 0.0458. The highest BCUT2D eigenvalue weighted by Gasteiger charge is 2.46. The minimum Gasteiger partial charge on any atom is -0.380 e. The van der Waals surface area contributed by atoms with Gasteiger partial charge in [-0.05, 0) is 19.3 Å². The van der Waals surface area contributed by atoms with Crippen molar-refractivity contribution in [1.82, 2.24) is 10.6 Å². The summed E-state index contributed by atoms with van der Waals surface area (Å²) in [5, 5.41) is 5.57. The Bertz CT molecular complexity index is 349. The van der Waals surface area contributed by atoms with Crippen LogP contribution < -0.4 is 10.6 Å². The Labute approximate surface area is 116 Å². The molecule has 1 aliphatic carbocycles. The standard InChI is InChI=1S/C13H21F3N2O2/c1-20-8-6-11(17-7-8)12(19)18-10-5-3-2-4-9(10)13(14,15)16/h8-11,17H,2-7H2,1H3,(H,18,19). The van der Waals surface area contributed by atoms with Crippen LogP contribution in [0.3, 0.4) is 0 Å². The number of nitrogens with one attached hydrogen (secondary N) is 2. The van der Waals surface area contributed by atoms with Gasteiger partial charge in [-0.3, -0.25) is 4.79 Å². The van der Waals surface area contributed by atoms with Crippen LogP contribution in [0.1, 0.15) is 32.1 Å². The van der Waals surface area contributed by atoms with Crippen LogP contribution >= 0.6 is 0 Å². The number of alkyl halides is 3. The summed E-state index contributed by atoms with van der Waals surface area (Å²) >= 11 is 0. The third kappa shape index (κ3) is 3.63. The Hall–Kier alpha value is -0.820. The van der Waals surface area contributed by atoms with E-state index in [1.165, 1.54) is 0 Å². The van der Waals surface area contributed by atoms with E-state index in [0.29, 0.717) is 25.8 Å². The van der Waals surface area contributed by atoms with Crippen molar-refractivity contribution in [2.24, 2.45) is 5.92 Å². The van der Waals surface area contributed by atoms with E-state index in [0.717, 1.165) is 6.42 Å². The molecule has 0 aromatic rings. The molecule has 1 saturated carbocycles. The first-order chi connectivity index (χ1) is 9.41. The van der Waals surface area contributed by atoms with E-state index in [9.17, 15) is 18.0 Å². The van der Waals surface area contributed by atoms with Crippen molar-refractivity contribution in [2.45, 2.75) is 56.5 Å². The average Bonchev–Trinajstić information content (AvgIpc) is 2.87. The number of rotatable bonds is 3. The van der Waals surface area contributed by atoms with Gasteiger partial charge in [0.1, 0.15) is 0 Å². The zero-order chi connectivity index (χ0) is 14.8. The lowest BCUT2D eigenvalue weighted by Gasteiger charge is -2.34. The van der Waals surface area contributed by atoms with E-state index in [4.69, 9.17) is 4.74 Å². The van der Waals surface area contributed by atoms with Gasteiger partial charge in [0.15, 0.2) is 0 Å². The zero-order valence-electron chi connectivity index (χ0n) is 11.5. The molecule has 2 N–H and O–H groups in total. The molecule has 0 aromatic heterocycles. The maximum atomic E-state index is 12.9. The van der Waals surface area contributed by atoms with Crippen molar-refractivity contribution >= 4 is 5.91 Å². The molecule has 1 saturated heterocycles. The average molecular weight is 294 g/mol. The van der Waals surface area contributed by atoms with Gasteiger partial charge >= 0.3 is 6.18 Å². The molecule has 2 rings (SSSR count). The van der Waals surface area contributed by atoms with Crippen molar-refractivity contribution in [2.75, 3.05) is 13.7 Å². The quantitative estimate of drug-likeness (QED) is 0.831. The van der Waals surface area contributed by atoms with Crippen LogP contribution in [0.5, 0.6) is 0 Å². The summed E-state index contributed by atoms with van der Waals surface area (Å²) in [6, 6.07) is -1.24. The molecule has 0 bridgehead atoms. The molecule has 0 aromatic carbocycles. The van der Waals surface area contributed by atoms with Gasteiger partial charge < -0.3 is 15.4 Å². The molecule has 2 fully saturated rings. The van der Waals surface area contributed by atoms with Crippen molar-refractivity contribution in [3.05, 3.63) is 0 Å². The fourth-order valence-electron chi connectivity index (χ4n) is 3.06. The molecule has 20 heavy (non-hydrogen) atoms. The molecule has 1 amide bonds. The molecule has 0 radical (unpaired) electrons. The van der Waals surface area contributed by atoms with Gasteiger partial charge in [0, 0.05) is 19.7 Å². The number of ether oxygens (including phenoxy) is 1. The molecular formula is C13H21F3N2O2. The summed E-state index contributed by atoms with van der Waals surface area (Å²) in [7, 11) is 1.56. The highest BCUT2D eigenvalue weighted by atomic mass is 19.4. The molecule has 4 atom stereocenters. The van der Waals surface area contributed by atoms with Crippen molar-refractivity contribution < 1.29 is 22.7 Å². The highest BCUT2D eigenvalue weighted by Crippen LogP contribution is 2.37. The summed E-state index contributed by atoms with van der Waals surface area (Å²) in [4.78, 5) is 12.1. The first-order valence-electron chi connectivity index (χ1n) is 7.05. The molecule has 0 spiro atoms. The zero-order valence-corrected chi connectivity index (χ0v) is 11.5. The number of methoxy groups -OCH3 is 1. The Morgan fingerprint density at radius 1 is 1.30 bits per heavy atom. The summed E-state index contributed by atoms with van der Waals surface area (Å²) < 4.78 is 44.0. The van der Waals surface area contributed by atoms with Gasteiger partial charge in [-0.15, -0.1) is 0 Å². The molecule has 4 unspecified atom stereocenters. The molecule has 1 heterocycles.